The Bertz CT molecular complexity index is 621. The van der Waals surface area contributed by atoms with Crippen LogP contribution in [0.15, 0.2) is 22.7 Å². The van der Waals surface area contributed by atoms with Gasteiger partial charge in [-0.25, -0.2) is 0 Å². The van der Waals surface area contributed by atoms with Crippen molar-refractivity contribution >= 4 is 27.7 Å². The minimum Gasteiger partial charge on any atom is -0.336 e. The van der Waals surface area contributed by atoms with Gasteiger partial charge in [-0.1, -0.05) is 22.0 Å². The van der Waals surface area contributed by atoms with Crippen molar-refractivity contribution in [2.45, 2.75) is 45.3 Å². The van der Waals surface area contributed by atoms with E-state index < -0.39 is 0 Å². The third-order valence-corrected chi connectivity index (χ3v) is 4.76. The van der Waals surface area contributed by atoms with Crippen molar-refractivity contribution in [1.82, 2.24) is 9.80 Å². The molecule has 0 N–H and O–H groups in total. The highest BCUT2D eigenvalue weighted by Crippen LogP contribution is 2.32. The van der Waals surface area contributed by atoms with Crippen molar-refractivity contribution in [2.24, 2.45) is 0 Å². The molecule has 1 saturated heterocycles. The summed E-state index contributed by atoms with van der Waals surface area (Å²) in [7, 11) is 0. The summed E-state index contributed by atoms with van der Waals surface area (Å²) < 4.78 is 0.894. The number of nitrogens with zero attached hydrogens (tertiary/aromatic N) is 2. The first-order valence-corrected chi connectivity index (χ1v) is 7.99. The van der Waals surface area contributed by atoms with Crippen molar-refractivity contribution in [3.05, 3.63) is 33.8 Å². The highest BCUT2D eigenvalue weighted by Gasteiger charge is 2.44. The molecule has 0 saturated carbocycles. The minimum absolute atomic E-state index is 0.0274. The lowest BCUT2D eigenvalue weighted by molar-refractivity contribution is -0.135. The molecule has 0 bridgehead atoms. The van der Waals surface area contributed by atoms with Gasteiger partial charge >= 0.3 is 0 Å². The van der Waals surface area contributed by atoms with Crippen LogP contribution in [0.25, 0.3) is 0 Å². The first-order chi connectivity index (χ1) is 9.79. The Morgan fingerprint density at radius 2 is 1.95 bits per heavy atom. The highest BCUT2D eigenvalue weighted by molar-refractivity contribution is 9.10. The van der Waals surface area contributed by atoms with Crippen LogP contribution in [-0.4, -0.2) is 39.7 Å². The number of fused-ring (bicyclic) bond motifs is 1. The fourth-order valence-electron chi connectivity index (χ4n) is 3.17. The molecule has 5 heteroatoms. The molecule has 3 rings (SSSR count). The normalized spacial score (nSPS) is 22.2. The lowest BCUT2D eigenvalue weighted by atomic mass is 10.1. The number of rotatable bonds is 1. The van der Waals surface area contributed by atoms with Gasteiger partial charge in [0.1, 0.15) is 6.04 Å². The zero-order valence-corrected chi connectivity index (χ0v) is 14.1. The van der Waals surface area contributed by atoms with Gasteiger partial charge in [-0.15, -0.1) is 0 Å². The van der Waals surface area contributed by atoms with Crippen molar-refractivity contribution < 1.29 is 9.59 Å². The predicted octanol–water partition coefficient (Wildman–Crippen LogP) is 2.80. The van der Waals surface area contributed by atoms with Gasteiger partial charge in [0.05, 0.1) is 0 Å². The smallest absolute Gasteiger partial charge is 0.255 e. The molecule has 0 spiro atoms. The van der Waals surface area contributed by atoms with E-state index in [1.54, 1.807) is 4.90 Å². The van der Waals surface area contributed by atoms with Gasteiger partial charge < -0.3 is 9.80 Å². The van der Waals surface area contributed by atoms with Gasteiger partial charge in [0.2, 0.25) is 5.91 Å². The summed E-state index contributed by atoms with van der Waals surface area (Å²) in [6.07, 6.45) is 0.719. The van der Waals surface area contributed by atoms with E-state index in [0.717, 1.165) is 23.0 Å². The van der Waals surface area contributed by atoms with Crippen LogP contribution in [0.4, 0.5) is 0 Å². The highest BCUT2D eigenvalue weighted by atomic mass is 79.9. The van der Waals surface area contributed by atoms with Crippen LogP contribution in [0.5, 0.6) is 0 Å². The fourth-order valence-corrected chi connectivity index (χ4v) is 3.53. The van der Waals surface area contributed by atoms with Crippen molar-refractivity contribution in [2.75, 3.05) is 6.54 Å². The molecular weight excluding hydrogens is 332 g/mol. The molecule has 1 atom stereocenters. The maximum absolute atomic E-state index is 12.6. The second kappa shape index (κ2) is 4.83. The number of carbonyl (C=O) groups excluding carboxylic acids is 2. The third kappa shape index (κ3) is 2.37. The van der Waals surface area contributed by atoms with Crippen molar-refractivity contribution in [1.29, 1.82) is 0 Å². The summed E-state index contributed by atoms with van der Waals surface area (Å²) in [4.78, 5) is 28.8. The molecule has 1 fully saturated rings. The minimum atomic E-state index is -0.317. The SMILES string of the molecule is CC(C)(C)N1CCC(N2Cc3ccc(Br)cc3C2=O)C1=O. The second-order valence-corrected chi connectivity index (χ2v) is 7.62. The van der Waals surface area contributed by atoms with Gasteiger partial charge in [-0.05, 0) is 44.9 Å². The summed E-state index contributed by atoms with van der Waals surface area (Å²) in [6, 6.07) is 5.42. The quantitative estimate of drug-likeness (QED) is 0.781. The topological polar surface area (TPSA) is 40.6 Å². The first kappa shape index (κ1) is 14.6. The summed E-state index contributed by atoms with van der Waals surface area (Å²) in [5.41, 5.74) is 1.53. The maximum atomic E-state index is 12.6. The first-order valence-electron chi connectivity index (χ1n) is 7.20. The summed E-state index contributed by atoms with van der Waals surface area (Å²) in [6.45, 7) is 7.35. The largest absolute Gasteiger partial charge is 0.336 e. The van der Waals surface area contributed by atoms with Crippen LogP contribution in [0.1, 0.15) is 43.1 Å². The van der Waals surface area contributed by atoms with Crippen molar-refractivity contribution in [3.63, 3.8) is 0 Å². The molecule has 2 amide bonds. The monoisotopic (exact) mass is 350 g/mol. The Labute approximate surface area is 133 Å². The van der Waals surface area contributed by atoms with E-state index in [0.29, 0.717) is 12.1 Å². The second-order valence-electron chi connectivity index (χ2n) is 6.70. The van der Waals surface area contributed by atoms with E-state index in [9.17, 15) is 9.59 Å². The summed E-state index contributed by atoms with van der Waals surface area (Å²) in [5, 5.41) is 0. The molecule has 4 nitrogen and oxygen atoms in total. The number of hydrogen-bond donors (Lipinski definition) is 0. The van der Waals surface area contributed by atoms with E-state index in [1.165, 1.54) is 0 Å². The molecular formula is C16H19BrN2O2. The average Bonchev–Trinajstić information content (AvgIpc) is 2.91. The number of amides is 2. The van der Waals surface area contributed by atoms with E-state index in [1.807, 2.05) is 43.9 Å². The molecule has 0 radical (unpaired) electrons. The summed E-state index contributed by atoms with van der Waals surface area (Å²) >= 11 is 3.40. The predicted molar refractivity (Wildman–Crippen MR) is 83.9 cm³/mol. The van der Waals surface area contributed by atoms with Crippen LogP contribution in [0.2, 0.25) is 0 Å². The van der Waals surface area contributed by atoms with Gasteiger partial charge in [0.25, 0.3) is 5.91 Å². The van der Waals surface area contributed by atoms with E-state index in [2.05, 4.69) is 15.9 Å². The Morgan fingerprint density at radius 1 is 1.24 bits per heavy atom. The van der Waals surface area contributed by atoms with Crippen LogP contribution in [-0.2, 0) is 11.3 Å². The van der Waals surface area contributed by atoms with Crippen LogP contribution in [0, 0.1) is 0 Å². The van der Waals surface area contributed by atoms with Crippen LogP contribution >= 0.6 is 15.9 Å². The fraction of sp³-hybridized carbons (Fsp3) is 0.500. The zero-order chi connectivity index (χ0) is 15.4. The number of benzene rings is 1. The molecule has 112 valence electrons. The van der Waals surface area contributed by atoms with Gasteiger partial charge in [-0.3, -0.25) is 9.59 Å². The molecule has 1 unspecified atom stereocenters. The molecule has 2 heterocycles. The van der Waals surface area contributed by atoms with Gasteiger partial charge in [0.15, 0.2) is 0 Å². The molecule has 0 aliphatic carbocycles. The lowest BCUT2D eigenvalue weighted by Gasteiger charge is -2.33. The number of carbonyl (C=O) groups is 2. The standard InChI is InChI=1S/C16H19BrN2O2/c1-16(2,3)19-7-6-13(15(19)21)18-9-10-4-5-11(17)8-12(10)14(18)20/h4-5,8,13H,6-7,9H2,1-3H3. The number of halogens is 1. The van der Waals surface area contributed by atoms with E-state index in [4.69, 9.17) is 0 Å². The summed E-state index contributed by atoms with van der Waals surface area (Å²) in [5.74, 6) is 0.0446. The Morgan fingerprint density at radius 3 is 2.57 bits per heavy atom. The maximum Gasteiger partial charge on any atom is 0.255 e. The number of likely N-dealkylation sites (tertiary alicyclic amines) is 1. The molecule has 21 heavy (non-hydrogen) atoms. The lowest BCUT2D eigenvalue weighted by Crippen LogP contribution is -2.47. The van der Waals surface area contributed by atoms with E-state index in [-0.39, 0.29) is 23.4 Å². The van der Waals surface area contributed by atoms with Gasteiger partial charge in [-0.2, -0.15) is 0 Å². The molecule has 0 aromatic heterocycles. The van der Waals surface area contributed by atoms with Crippen LogP contribution in [0.3, 0.4) is 0 Å². The average molecular weight is 351 g/mol. The Hall–Kier alpha value is -1.36. The number of hydrogen-bond acceptors (Lipinski definition) is 2. The molecule has 2 aliphatic heterocycles. The zero-order valence-electron chi connectivity index (χ0n) is 12.5. The third-order valence-electron chi connectivity index (χ3n) is 4.27. The van der Waals surface area contributed by atoms with Crippen molar-refractivity contribution in [3.8, 4) is 0 Å². The molecule has 1 aromatic carbocycles. The van der Waals surface area contributed by atoms with Crippen LogP contribution < -0.4 is 0 Å². The molecule has 2 aliphatic rings. The Kier molecular flexibility index (Phi) is 3.35. The van der Waals surface area contributed by atoms with E-state index >= 15 is 0 Å². The molecule has 1 aromatic rings. The van der Waals surface area contributed by atoms with Gasteiger partial charge in [0, 0.05) is 28.7 Å². The Balaban J connectivity index is 1.85.